The number of primary amides is 1. The van der Waals surface area contributed by atoms with E-state index in [9.17, 15) is 9.59 Å². The molecule has 106 valence electrons. The summed E-state index contributed by atoms with van der Waals surface area (Å²) in [6.07, 6.45) is 3.34. The summed E-state index contributed by atoms with van der Waals surface area (Å²) in [7, 11) is 1.24. The zero-order valence-corrected chi connectivity index (χ0v) is 11.4. The summed E-state index contributed by atoms with van der Waals surface area (Å²) in [6, 6.07) is 0. The molecule has 0 fully saturated rings. The van der Waals surface area contributed by atoms with E-state index >= 15 is 0 Å². The molecule has 1 amide bonds. The van der Waals surface area contributed by atoms with Crippen molar-refractivity contribution < 1.29 is 14.3 Å². The Kier molecular flexibility index (Phi) is 3.89. The van der Waals surface area contributed by atoms with E-state index in [1.807, 2.05) is 0 Å². The van der Waals surface area contributed by atoms with Gasteiger partial charge in [-0.2, -0.15) is 5.10 Å². The molecule has 2 rings (SSSR count). The van der Waals surface area contributed by atoms with Crippen molar-refractivity contribution in [2.24, 2.45) is 5.73 Å². The Labute approximate surface area is 118 Å². The van der Waals surface area contributed by atoms with Gasteiger partial charge in [0.1, 0.15) is 9.88 Å². The Hall–Kier alpha value is -2.55. The lowest BCUT2D eigenvalue weighted by atomic mass is 10.2. The number of carbonyl (C=O) groups is 2. The van der Waals surface area contributed by atoms with Crippen molar-refractivity contribution in [1.29, 1.82) is 0 Å². The quantitative estimate of drug-likeness (QED) is 0.595. The molecule has 2 heterocycles. The first-order valence-corrected chi connectivity index (χ1v) is 6.38. The monoisotopic (exact) mass is 295 g/mol. The molecule has 9 heteroatoms. The van der Waals surface area contributed by atoms with Crippen molar-refractivity contribution in [2.75, 3.05) is 18.2 Å². The number of methoxy groups -OCH3 is 1. The molecule has 0 atom stereocenters. The number of hydrogen-bond donors (Lipinski definition) is 4. The van der Waals surface area contributed by atoms with E-state index in [4.69, 9.17) is 11.5 Å². The second-order valence-electron chi connectivity index (χ2n) is 3.86. The van der Waals surface area contributed by atoms with Crippen LogP contribution in [0.4, 0.5) is 10.7 Å². The number of nitrogens with zero attached hydrogens (tertiary/aromatic N) is 1. The van der Waals surface area contributed by atoms with E-state index in [0.717, 1.165) is 16.9 Å². The molecular weight excluding hydrogens is 282 g/mol. The predicted octanol–water partition coefficient (Wildman–Crippen LogP) is 0.551. The molecule has 8 nitrogen and oxygen atoms in total. The highest BCUT2D eigenvalue weighted by molar-refractivity contribution is 7.19. The maximum atomic E-state index is 11.6. The molecule has 0 unspecified atom stereocenters. The van der Waals surface area contributed by atoms with Gasteiger partial charge in [0.2, 0.25) is 0 Å². The largest absolute Gasteiger partial charge is 0.465 e. The molecule has 0 spiro atoms. The summed E-state index contributed by atoms with van der Waals surface area (Å²) in [5.74, 6) is -1.31. The molecule has 0 aromatic carbocycles. The lowest BCUT2D eigenvalue weighted by Gasteiger charge is -2.03. The minimum atomic E-state index is -0.705. The third-order valence-electron chi connectivity index (χ3n) is 2.57. The molecule has 2 aromatic rings. The highest BCUT2D eigenvalue weighted by Crippen LogP contribution is 2.36. The first-order valence-electron chi connectivity index (χ1n) is 5.56. The summed E-state index contributed by atoms with van der Waals surface area (Å²) in [4.78, 5) is 23.2. The second kappa shape index (κ2) is 5.61. The van der Waals surface area contributed by atoms with Gasteiger partial charge >= 0.3 is 5.97 Å². The number of aromatic amines is 1. The SMILES string of the molecule is COC(=O)c1sc(NCc2cn[nH]c2)c(C(N)=O)c1N. The average molecular weight is 295 g/mol. The number of aromatic nitrogens is 2. The van der Waals surface area contributed by atoms with Crippen molar-refractivity contribution in [3.63, 3.8) is 0 Å². The lowest BCUT2D eigenvalue weighted by Crippen LogP contribution is -2.15. The smallest absolute Gasteiger partial charge is 0.350 e. The second-order valence-corrected chi connectivity index (χ2v) is 4.89. The predicted molar refractivity (Wildman–Crippen MR) is 74.5 cm³/mol. The van der Waals surface area contributed by atoms with Gasteiger partial charge in [0.05, 0.1) is 24.6 Å². The van der Waals surface area contributed by atoms with E-state index < -0.39 is 11.9 Å². The van der Waals surface area contributed by atoms with Crippen LogP contribution in [0, 0.1) is 0 Å². The van der Waals surface area contributed by atoms with Crippen LogP contribution in [-0.4, -0.2) is 29.2 Å². The molecule has 0 saturated carbocycles. The van der Waals surface area contributed by atoms with Crippen LogP contribution >= 0.6 is 11.3 Å². The summed E-state index contributed by atoms with van der Waals surface area (Å²) in [5.41, 5.74) is 12.1. The molecule has 20 heavy (non-hydrogen) atoms. The Morgan fingerprint density at radius 1 is 1.55 bits per heavy atom. The van der Waals surface area contributed by atoms with E-state index in [1.54, 1.807) is 12.4 Å². The number of rotatable bonds is 5. The number of anilines is 2. The van der Waals surface area contributed by atoms with E-state index in [0.29, 0.717) is 11.5 Å². The zero-order valence-electron chi connectivity index (χ0n) is 10.6. The number of nitrogens with two attached hydrogens (primary N) is 2. The minimum absolute atomic E-state index is 0.0315. The van der Waals surface area contributed by atoms with Crippen molar-refractivity contribution >= 4 is 33.9 Å². The van der Waals surface area contributed by atoms with Gasteiger partial charge in [-0.05, 0) is 0 Å². The number of amides is 1. The maximum Gasteiger partial charge on any atom is 0.350 e. The number of nitrogens with one attached hydrogen (secondary N) is 2. The van der Waals surface area contributed by atoms with Gasteiger partial charge in [0, 0.05) is 18.3 Å². The average Bonchev–Trinajstić information content (AvgIpc) is 3.02. The number of hydrogen-bond acceptors (Lipinski definition) is 7. The molecule has 0 bridgehead atoms. The summed E-state index contributed by atoms with van der Waals surface area (Å²) in [5, 5.41) is 9.91. The molecule has 0 aliphatic rings. The van der Waals surface area contributed by atoms with Crippen LogP contribution in [0.2, 0.25) is 0 Å². The Morgan fingerprint density at radius 3 is 2.85 bits per heavy atom. The van der Waals surface area contributed by atoms with Gasteiger partial charge in [-0.3, -0.25) is 9.89 Å². The molecule has 0 aliphatic carbocycles. The van der Waals surface area contributed by atoms with Gasteiger partial charge in [0.15, 0.2) is 0 Å². The number of H-pyrrole nitrogens is 1. The molecular formula is C11H13N5O3S. The van der Waals surface area contributed by atoms with Crippen LogP contribution in [0.15, 0.2) is 12.4 Å². The van der Waals surface area contributed by atoms with Crippen LogP contribution in [0.25, 0.3) is 0 Å². The third kappa shape index (κ3) is 2.57. The summed E-state index contributed by atoms with van der Waals surface area (Å²) < 4.78 is 4.61. The molecule has 6 N–H and O–H groups in total. The van der Waals surface area contributed by atoms with Gasteiger partial charge in [-0.15, -0.1) is 11.3 Å². The van der Waals surface area contributed by atoms with Crippen molar-refractivity contribution in [3.05, 3.63) is 28.4 Å². The van der Waals surface area contributed by atoms with Crippen LogP contribution in [-0.2, 0) is 11.3 Å². The normalized spacial score (nSPS) is 10.2. The molecule has 2 aromatic heterocycles. The summed E-state index contributed by atoms with van der Waals surface area (Å²) in [6.45, 7) is 0.414. The topological polar surface area (TPSA) is 136 Å². The van der Waals surface area contributed by atoms with Gasteiger partial charge in [-0.1, -0.05) is 0 Å². The van der Waals surface area contributed by atoms with Crippen molar-refractivity contribution in [1.82, 2.24) is 10.2 Å². The first kappa shape index (κ1) is 13.9. The Balaban J connectivity index is 2.31. The first-order chi connectivity index (χ1) is 9.54. The van der Waals surface area contributed by atoms with Gasteiger partial charge in [-0.25, -0.2) is 4.79 Å². The number of thiophene rings is 1. The number of carbonyl (C=O) groups excluding carboxylic acids is 2. The van der Waals surface area contributed by atoms with E-state index in [2.05, 4.69) is 20.3 Å². The van der Waals surface area contributed by atoms with E-state index in [-0.39, 0.29) is 16.1 Å². The number of nitrogen functional groups attached to an aromatic ring is 1. The fraction of sp³-hybridized carbons (Fsp3) is 0.182. The highest BCUT2D eigenvalue weighted by atomic mass is 32.1. The van der Waals surface area contributed by atoms with Crippen LogP contribution in [0.5, 0.6) is 0 Å². The standard InChI is InChI=1S/C11H13N5O3S/c1-19-11(18)8-7(12)6(9(13)17)10(20-8)14-2-5-3-15-16-4-5/h3-4,14H,2,12H2,1H3,(H2,13,17)(H,15,16). The Bertz CT molecular complexity index is 635. The van der Waals surface area contributed by atoms with Gasteiger partial charge < -0.3 is 21.5 Å². The third-order valence-corrected chi connectivity index (χ3v) is 3.71. The van der Waals surface area contributed by atoms with Crippen molar-refractivity contribution in [3.8, 4) is 0 Å². The minimum Gasteiger partial charge on any atom is -0.465 e. The van der Waals surface area contributed by atoms with Crippen LogP contribution in [0.1, 0.15) is 25.6 Å². The van der Waals surface area contributed by atoms with Crippen molar-refractivity contribution in [2.45, 2.75) is 6.54 Å². The number of ether oxygens (including phenoxy) is 1. The lowest BCUT2D eigenvalue weighted by molar-refractivity contribution is 0.0607. The maximum absolute atomic E-state index is 11.6. The van der Waals surface area contributed by atoms with Crippen LogP contribution < -0.4 is 16.8 Å². The summed E-state index contributed by atoms with van der Waals surface area (Å²) >= 11 is 1.03. The molecule has 0 saturated heterocycles. The van der Waals surface area contributed by atoms with E-state index in [1.165, 1.54) is 7.11 Å². The molecule has 0 radical (unpaired) electrons. The van der Waals surface area contributed by atoms with Gasteiger partial charge in [0.25, 0.3) is 5.91 Å². The fourth-order valence-corrected chi connectivity index (χ4v) is 2.65. The Morgan fingerprint density at radius 2 is 2.30 bits per heavy atom. The number of esters is 1. The molecule has 0 aliphatic heterocycles. The van der Waals surface area contributed by atoms with Crippen LogP contribution in [0.3, 0.4) is 0 Å². The highest BCUT2D eigenvalue weighted by Gasteiger charge is 2.24. The fourth-order valence-electron chi connectivity index (χ4n) is 1.61. The zero-order chi connectivity index (χ0) is 14.7.